The third-order valence-corrected chi connectivity index (χ3v) is 3.98. The van der Waals surface area contributed by atoms with Gasteiger partial charge in [0.1, 0.15) is 0 Å². The molecule has 2 N–H and O–H groups in total. The van der Waals surface area contributed by atoms with Crippen molar-refractivity contribution in [3.05, 3.63) is 58.3 Å². The van der Waals surface area contributed by atoms with E-state index >= 15 is 0 Å². The number of thiazole rings is 1. The molecule has 18 heavy (non-hydrogen) atoms. The molecule has 3 nitrogen and oxygen atoms in total. The second-order valence-corrected chi connectivity index (χ2v) is 5.48. The van der Waals surface area contributed by atoms with Crippen LogP contribution in [0.5, 0.6) is 0 Å². The summed E-state index contributed by atoms with van der Waals surface area (Å²) < 4.78 is 0. The van der Waals surface area contributed by atoms with Crippen LogP contribution in [0.4, 0.5) is 0 Å². The van der Waals surface area contributed by atoms with Gasteiger partial charge >= 0.3 is 0 Å². The number of aromatic nitrogens is 2. The Hall–Kier alpha value is -1.78. The Morgan fingerprint density at radius 1 is 1.17 bits per heavy atom. The van der Waals surface area contributed by atoms with Crippen LogP contribution in [0.3, 0.4) is 0 Å². The fraction of sp³-hybridized carbons (Fsp3) is 0.143. The SMILES string of the molecule is Cc1ncc(C(N)c2cncc3ccccc23)s1. The summed E-state index contributed by atoms with van der Waals surface area (Å²) in [5, 5.41) is 3.31. The highest BCUT2D eigenvalue weighted by atomic mass is 32.1. The summed E-state index contributed by atoms with van der Waals surface area (Å²) in [6.45, 7) is 1.99. The molecule has 0 spiro atoms. The third kappa shape index (κ3) is 1.89. The van der Waals surface area contributed by atoms with Crippen molar-refractivity contribution in [3.63, 3.8) is 0 Å². The molecular weight excluding hydrogens is 242 g/mol. The number of nitrogens with two attached hydrogens (primary N) is 1. The summed E-state index contributed by atoms with van der Waals surface area (Å²) in [4.78, 5) is 9.61. The molecule has 1 unspecified atom stereocenters. The number of rotatable bonds is 2. The fourth-order valence-corrected chi connectivity index (χ4v) is 2.87. The van der Waals surface area contributed by atoms with Gasteiger partial charge in [-0.2, -0.15) is 0 Å². The molecule has 2 heterocycles. The Balaban J connectivity index is 2.14. The average Bonchev–Trinajstić information content (AvgIpc) is 2.84. The Bertz CT molecular complexity index is 685. The van der Waals surface area contributed by atoms with E-state index in [1.807, 2.05) is 37.6 Å². The van der Waals surface area contributed by atoms with E-state index in [1.165, 1.54) is 0 Å². The molecule has 0 amide bonds. The summed E-state index contributed by atoms with van der Waals surface area (Å²) in [6.07, 6.45) is 5.57. The zero-order chi connectivity index (χ0) is 12.5. The molecule has 1 atom stereocenters. The smallest absolute Gasteiger partial charge is 0.0897 e. The number of aryl methyl sites for hydroxylation is 1. The van der Waals surface area contributed by atoms with E-state index in [-0.39, 0.29) is 6.04 Å². The predicted octanol–water partition coefficient (Wildman–Crippen LogP) is 3.05. The molecule has 0 aliphatic rings. The molecule has 0 aliphatic heterocycles. The molecule has 0 fully saturated rings. The van der Waals surface area contributed by atoms with Crippen LogP contribution >= 0.6 is 11.3 Å². The van der Waals surface area contributed by atoms with Gasteiger partial charge in [0.2, 0.25) is 0 Å². The molecule has 3 aromatic rings. The van der Waals surface area contributed by atoms with E-state index in [0.717, 1.165) is 26.2 Å². The van der Waals surface area contributed by atoms with E-state index in [1.54, 1.807) is 11.3 Å². The monoisotopic (exact) mass is 255 g/mol. The summed E-state index contributed by atoms with van der Waals surface area (Å²) in [7, 11) is 0. The number of fused-ring (bicyclic) bond motifs is 1. The summed E-state index contributed by atoms with van der Waals surface area (Å²) in [6, 6.07) is 8.01. The second-order valence-electron chi connectivity index (χ2n) is 4.21. The minimum absolute atomic E-state index is 0.158. The van der Waals surface area contributed by atoms with Crippen molar-refractivity contribution in [3.8, 4) is 0 Å². The number of pyridine rings is 1. The van der Waals surface area contributed by atoms with Crippen LogP contribution in [0.1, 0.15) is 21.5 Å². The van der Waals surface area contributed by atoms with Crippen LogP contribution in [0.25, 0.3) is 10.8 Å². The number of hydrogen-bond acceptors (Lipinski definition) is 4. The lowest BCUT2D eigenvalue weighted by Gasteiger charge is -2.12. The zero-order valence-corrected chi connectivity index (χ0v) is 10.8. The molecule has 0 saturated heterocycles. The minimum atomic E-state index is -0.158. The lowest BCUT2D eigenvalue weighted by atomic mass is 10.0. The van der Waals surface area contributed by atoms with E-state index in [4.69, 9.17) is 5.73 Å². The van der Waals surface area contributed by atoms with Crippen LogP contribution in [0.2, 0.25) is 0 Å². The standard InChI is InChI=1S/C14H13N3S/c1-9-17-8-13(18-9)14(15)12-7-16-6-10-4-2-3-5-11(10)12/h2-8,14H,15H2,1H3. The van der Waals surface area contributed by atoms with Gasteiger partial charge in [0, 0.05) is 34.4 Å². The van der Waals surface area contributed by atoms with Gasteiger partial charge in [-0.15, -0.1) is 11.3 Å². The van der Waals surface area contributed by atoms with Gasteiger partial charge in [0.15, 0.2) is 0 Å². The molecule has 0 aliphatic carbocycles. The molecule has 3 rings (SSSR count). The third-order valence-electron chi connectivity index (χ3n) is 2.98. The van der Waals surface area contributed by atoms with Crippen LogP contribution < -0.4 is 5.73 Å². The highest BCUT2D eigenvalue weighted by molar-refractivity contribution is 7.11. The average molecular weight is 255 g/mol. The van der Waals surface area contributed by atoms with Crippen molar-refractivity contribution in [2.75, 3.05) is 0 Å². The predicted molar refractivity (Wildman–Crippen MR) is 74.6 cm³/mol. The van der Waals surface area contributed by atoms with E-state index in [9.17, 15) is 0 Å². The number of hydrogen-bond donors (Lipinski definition) is 1. The normalized spacial score (nSPS) is 12.8. The Morgan fingerprint density at radius 3 is 2.78 bits per heavy atom. The summed E-state index contributed by atoms with van der Waals surface area (Å²) in [5.41, 5.74) is 7.38. The fourth-order valence-electron chi connectivity index (χ4n) is 2.06. The molecule has 0 saturated carbocycles. The van der Waals surface area contributed by atoms with Crippen molar-refractivity contribution in [2.24, 2.45) is 5.73 Å². The minimum Gasteiger partial charge on any atom is -0.319 e. The molecule has 1 aromatic carbocycles. The Kier molecular flexibility index (Phi) is 2.81. The van der Waals surface area contributed by atoms with Gasteiger partial charge < -0.3 is 5.73 Å². The van der Waals surface area contributed by atoms with Gasteiger partial charge in [-0.1, -0.05) is 24.3 Å². The van der Waals surface area contributed by atoms with Crippen LogP contribution in [0.15, 0.2) is 42.9 Å². The van der Waals surface area contributed by atoms with Gasteiger partial charge in [0.05, 0.1) is 11.0 Å². The summed E-state index contributed by atoms with van der Waals surface area (Å²) >= 11 is 1.64. The molecule has 4 heteroatoms. The lowest BCUT2D eigenvalue weighted by Crippen LogP contribution is -2.11. The largest absolute Gasteiger partial charge is 0.319 e. The van der Waals surface area contributed by atoms with Crippen LogP contribution in [-0.2, 0) is 0 Å². The Morgan fingerprint density at radius 2 is 2.00 bits per heavy atom. The van der Waals surface area contributed by atoms with Gasteiger partial charge in [-0.3, -0.25) is 4.98 Å². The Labute approximate surface area is 109 Å². The second kappa shape index (κ2) is 4.48. The van der Waals surface area contributed by atoms with E-state index < -0.39 is 0 Å². The van der Waals surface area contributed by atoms with Crippen molar-refractivity contribution < 1.29 is 0 Å². The quantitative estimate of drug-likeness (QED) is 0.765. The van der Waals surface area contributed by atoms with Crippen molar-refractivity contribution in [1.82, 2.24) is 9.97 Å². The maximum Gasteiger partial charge on any atom is 0.0897 e. The molecular formula is C14H13N3S. The molecule has 0 radical (unpaired) electrons. The highest BCUT2D eigenvalue weighted by Crippen LogP contribution is 2.29. The number of nitrogens with zero attached hydrogens (tertiary/aromatic N) is 2. The first-order valence-corrected chi connectivity index (χ1v) is 6.58. The van der Waals surface area contributed by atoms with Crippen molar-refractivity contribution in [1.29, 1.82) is 0 Å². The van der Waals surface area contributed by atoms with Gasteiger partial charge in [-0.05, 0) is 12.3 Å². The van der Waals surface area contributed by atoms with Crippen LogP contribution in [0, 0.1) is 6.92 Å². The van der Waals surface area contributed by atoms with Crippen molar-refractivity contribution >= 4 is 22.1 Å². The number of benzene rings is 1. The maximum atomic E-state index is 6.33. The molecule has 2 aromatic heterocycles. The maximum absolute atomic E-state index is 6.33. The van der Waals surface area contributed by atoms with Crippen LogP contribution in [-0.4, -0.2) is 9.97 Å². The molecule has 90 valence electrons. The van der Waals surface area contributed by atoms with E-state index in [0.29, 0.717) is 0 Å². The van der Waals surface area contributed by atoms with Crippen molar-refractivity contribution in [2.45, 2.75) is 13.0 Å². The van der Waals surface area contributed by atoms with Gasteiger partial charge in [-0.25, -0.2) is 4.98 Å². The zero-order valence-electron chi connectivity index (χ0n) is 10.00. The van der Waals surface area contributed by atoms with Gasteiger partial charge in [0.25, 0.3) is 0 Å². The first-order chi connectivity index (χ1) is 8.75. The first-order valence-electron chi connectivity index (χ1n) is 5.76. The lowest BCUT2D eigenvalue weighted by molar-refractivity contribution is 0.891. The van der Waals surface area contributed by atoms with E-state index in [2.05, 4.69) is 22.1 Å². The topological polar surface area (TPSA) is 51.8 Å². The molecule has 0 bridgehead atoms. The highest BCUT2D eigenvalue weighted by Gasteiger charge is 2.14. The first kappa shape index (κ1) is 11.3. The summed E-state index contributed by atoms with van der Waals surface area (Å²) in [5.74, 6) is 0.